The van der Waals surface area contributed by atoms with Gasteiger partial charge in [-0.2, -0.15) is 0 Å². The first-order valence-corrected chi connectivity index (χ1v) is 9.44. The first-order chi connectivity index (χ1) is 12.1. The number of likely N-dealkylation sites (tertiary alicyclic amines) is 1. The van der Waals surface area contributed by atoms with E-state index in [-0.39, 0.29) is 29.3 Å². The third-order valence-electron chi connectivity index (χ3n) is 5.94. The number of pyridine rings is 1. The van der Waals surface area contributed by atoms with Gasteiger partial charge in [0.15, 0.2) is 0 Å². The van der Waals surface area contributed by atoms with Crippen LogP contribution in [0, 0.1) is 5.92 Å². The molecule has 1 aromatic heterocycles. The van der Waals surface area contributed by atoms with Crippen LogP contribution in [0.2, 0.25) is 0 Å². The lowest BCUT2D eigenvalue weighted by Crippen LogP contribution is -2.39. The van der Waals surface area contributed by atoms with Crippen LogP contribution >= 0.6 is 0 Å². The van der Waals surface area contributed by atoms with Crippen LogP contribution in [-0.4, -0.2) is 34.3 Å². The van der Waals surface area contributed by atoms with Crippen molar-refractivity contribution in [3.05, 3.63) is 33.7 Å². The van der Waals surface area contributed by atoms with Crippen LogP contribution < -0.4 is 10.9 Å². The van der Waals surface area contributed by atoms with Gasteiger partial charge in [-0.1, -0.05) is 12.8 Å². The van der Waals surface area contributed by atoms with Gasteiger partial charge in [-0.25, -0.2) is 0 Å². The van der Waals surface area contributed by atoms with Crippen molar-refractivity contribution in [2.45, 2.75) is 63.5 Å². The number of aryl methyl sites for hydroxylation is 1. The highest BCUT2D eigenvalue weighted by molar-refractivity contribution is 5.89. The van der Waals surface area contributed by atoms with Gasteiger partial charge in [0.2, 0.25) is 17.4 Å². The quantitative estimate of drug-likeness (QED) is 0.876. The van der Waals surface area contributed by atoms with Crippen LogP contribution in [0.25, 0.3) is 0 Å². The minimum Gasteiger partial charge on any atom is -0.349 e. The van der Waals surface area contributed by atoms with E-state index in [9.17, 15) is 14.4 Å². The normalized spacial score (nSPS) is 26.7. The molecule has 6 nitrogen and oxygen atoms in total. The Labute approximate surface area is 147 Å². The molecule has 0 unspecified atom stereocenters. The number of amides is 2. The fraction of sp³-hybridized carbons (Fsp3) is 0.632. The second-order valence-electron chi connectivity index (χ2n) is 7.60. The molecule has 2 aliphatic carbocycles. The number of aromatic amines is 1. The third-order valence-corrected chi connectivity index (χ3v) is 5.94. The van der Waals surface area contributed by atoms with Crippen molar-refractivity contribution < 1.29 is 9.59 Å². The molecule has 25 heavy (non-hydrogen) atoms. The summed E-state index contributed by atoms with van der Waals surface area (Å²) in [4.78, 5) is 41.4. The van der Waals surface area contributed by atoms with E-state index in [1.807, 2.05) is 11.0 Å². The average Bonchev–Trinajstić information content (AvgIpc) is 3.24. The molecular formula is C19H25N3O3. The number of nitrogens with one attached hydrogen (secondary N) is 2. The Morgan fingerprint density at radius 3 is 2.72 bits per heavy atom. The van der Waals surface area contributed by atoms with Crippen LogP contribution in [0.15, 0.2) is 16.9 Å². The average molecular weight is 343 g/mol. The molecule has 0 bridgehead atoms. The highest BCUT2D eigenvalue weighted by Crippen LogP contribution is 2.31. The lowest BCUT2D eigenvalue weighted by molar-refractivity contribution is -0.130. The van der Waals surface area contributed by atoms with E-state index >= 15 is 0 Å². The van der Waals surface area contributed by atoms with Crippen LogP contribution in [0.4, 0.5) is 0 Å². The fourth-order valence-corrected chi connectivity index (χ4v) is 4.62. The fourth-order valence-electron chi connectivity index (χ4n) is 4.62. The van der Waals surface area contributed by atoms with Crippen LogP contribution in [-0.2, 0) is 16.0 Å². The van der Waals surface area contributed by atoms with Crippen molar-refractivity contribution in [3.63, 3.8) is 0 Å². The second-order valence-corrected chi connectivity index (χ2v) is 7.60. The molecule has 2 fully saturated rings. The largest absolute Gasteiger partial charge is 0.349 e. The van der Waals surface area contributed by atoms with E-state index in [0.717, 1.165) is 43.4 Å². The van der Waals surface area contributed by atoms with Gasteiger partial charge < -0.3 is 15.2 Å². The first kappa shape index (κ1) is 16.4. The Hall–Kier alpha value is -2.11. The molecule has 2 atom stereocenters. The van der Waals surface area contributed by atoms with E-state index in [2.05, 4.69) is 10.3 Å². The third kappa shape index (κ3) is 3.22. The lowest BCUT2D eigenvalue weighted by atomic mass is 9.91. The molecule has 2 amide bonds. The summed E-state index contributed by atoms with van der Waals surface area (Å²) in [6.07, 6.45) is 7.49. The Morgan fingerprint density at radius 1 is 1.12 bits per heavy atom. The molecule has 1 aliphatic heterocycles. The zero-order valence-corrected chi connectivity index (χ0v) is 14.4. The monoisotopic (exact) mass is 343 g/mol. The maximum Gasteiger partial charge on any atom is 0.248 e. The number of hydrogen-bond donors (Lipinski definition) is 2. The van der Waals surface area contributed by atoms with Crippen molar-refractivity contribution in [2.24, 2.45) is 5.92 Å². The molecule has 1 saturated heterocycles. The molecule has 0 spiro atoms. The predicted molar refractivity (Wildman–Crippen MR) is 93.0 cm³/mol. The van der Waals surface area contributed by atoms with Crippen molar-refractivity contribution in [1.82, 2.24) is 15.2 Å². The van der Waals surface area contributed by atoms with Crippen molar-refractivity contribution >= 4 is 11.8 Å². The van der Waals surface area contributed by atoms with E-state index in [4.69, 9.17) is 0 Å². The minimum absolute atomic E-state index is 0.0297. The van der Waals surface area contributed by atoms with Crippen LogP contribution in [0.1, 0.15) is 62.2 Å². The number of hydrogen-bond acceptors (Lipinski definition) is 3. The van der Waals surface area contributed by atoms with Crippen molar-refractivity contribution in [2.75, 3.05) is 6.54 Å². The highest BCUT2D eigenvalue weighted by Gasteiger charge is 2.39. The summed E-state index contributed by atoms with van der Waals surface area (Å²) < 4.78 is 0. The maximum atomic E-state index is 12.7. The Kier molecular flexibility index (Phi) is 4.36. The number of rotatable bonds is 3. The summed E-state index contributed by atoms with van der Waals surface area (Å²) in [5.41, 5.74) is 1.84. The van der Waals surface area contributed by atoms with Crippen molar-refractivity contribution in [3.8, 4) is 0 Å². The topological polar surface area (TPSA) is 82.3 Å². The number of carbonyl (C=O) groups is 2. The van der Waals surface area contributed by atoms with Gasteiger partial charge in [0.1, 0.15) is 0 Å². The zero-order valence-electron chi connectivity index (χ0n) is 14.4. The molecule has 2 N–H and O–H groups in total. The smallest absolute Gasteiger partial charge is 0.248 e. The number of nitrogens with zero attached hydrogens (tertiary/aromatic N) is 1. The lowest BCUT2D eigenvalue weighted by Gasteiger charge is -2.27. The molecule has 3 aliphatic rings. The molecule has 1 aromatic rings. The Morgan fingerprint density at radius 2 is 1.92 bits per heavy atom. The van der Waals surface area contributed by atoms with Gasteiger partial charge in [-0.05, 0) is 43.7 Å². The van der Waals surface area contributed by atoms with E-state index in [1.165, 1.54) is 18.9 Å². The summed E-state index contributed by atoms with van der Waals surface area (Å²) in [6.45, 7) is 0.556. The number of carbonyl (C=O) groups excluding carboxylic acids is 2. The van der Waals surface area contributed by atoms with Crippen LogP contribution in [0.5, 0.6) is 0 Å². The first-order valence-electron chi connectivity index (χ1n) is 9.44. The molecule has 0 radical (unpaired) electrons. The van der Waals surface area contributed by atoms with Gasteiger partial charge in [-0.15, -0.1) is 0 Å². The molecule has 4 rings (SSSR count). The Bertz CT molecular complexity index is 736. The minimum atomic E-state index is -0.249. The number of fused-ring (bicyclic) bond motifs is 1. The summed E-state index contributed by atoms with van der Waals surface area (Å²) in [5.74, 6) is -0.153. The zero-order chi connectivity index (χ0) is 17.4. The molecule has 134 valence electrons. The van der Waals surface area contributed by atoms with Crippen molar-refractivity contribution in [1.29, 1.82) is 0 Å². The summed E-state index contributed by atoms with van der Waals surface area (Å²) >= 11 is 0. The predicted octanol–water partition coefficient (Wildman–Crippen LogP) is 1.66. The number of aromatic nitrogens is 1. The van der Waals surface area contributed by atoms with Gasteiger partial charge in [0.05, 0.1) is 12.0 Å². The van der Waals surface area contributed by atoms with Gasteiger partial charge in [0.25, 0.3) is 0 Å². The van der Waals surface area contributed by atoms with E-state index in [0.29, 0.717) is 19.0 Å². The summed E-state index contributed by atoms with van der Waals surface area (Å²) in [5, 5.41) is 3.13. The molecule has 2 heterocycles. The van der Waals surface area contributed by atoms with Gasteiger partial charge in [0, 0.05) is 30.8 Å². The van der Waals surface area contributed by atoms with Gasteiger partial charge >= 0.3 is 0 Å². The van der Waals surface area contributed by atoms with E-state index in [1.54, 1.807) is 0 Å². The Balaban J connectivity index is 1.43. The second kappa shape index (κ2) is 6.65. The molecule has 6 heteroatoms. The maximum absolute atomic E-state index is 12.7. The molecule has 0 aromatic carbocycles. The SMILES string of the molecule is O=C(N[C@H]1CCCc2[nH]c(=O)ccc21)[C@H]1CC(=O)N(C2CCCC2)C1. The molecule has 1 saturated carbocycles. The van der Waals surface area contributed by atoms with Gasteiger partial charge in [-0.3, -0.25) is 14.4 Å². The summed E-state index contributed by atoms with van der Waals surface area (Å²) in [6, 6.07) is 3.61. The number of H-pyrrole nitrogens is 1. The van der Waals surface area contributed by atoms with E-state index < -0.39 is 0 Å². The molecular weight excluding hydrogens is 318 g/mol. The standard InChI is InChI=1S/C19H25N3O3/c23-17-9-8-14-15(20-17)6-3-7-16(14)21-19(25)12-10-18(24)22(11-12)13-4-1-2-5-13/h8-9,12-13,16H,1-7,10-11H2,(H,20,23)(H,21,25)/t12-,16-/m0/s1. The van der Waals surface area contributed by atoms with Crippen LogP contribution in [0.3, 0.4) is 0 Å². The highest BCUT2D eigenvalue weighted by atomic mass is 16.2. The summed E-state index contributed by atoms with van der Waals surface area (Å²) in [7, 11) is 0.